The molecule has 0 aliphatic carbocycles. The summed E-state index contributed by atoms with van der Waals surface area (Å²) in [6.45, 7) is 9.01. The van der Waals surface area contributed by atoms with Crippen LogP contribution in [0.25, 0.3) is 0 Å². The first kappa shape index (κ1) is 38.0. The second kappa shape index (κ2) is 22.7. The minimum atomic E-state index is -0.328. The first-order chi connectivity index (χ1) is 23.2. The summed E-state index contributed by atoms with van der Waals surface area (Å²) in [5, 5.41) is 0. The molecule has 2 fully saturated rings. The molecule has 2 aliphatic heterocycles. The highest BCUT2D eigenvalue weighted by Crippen LogP contribution is 2.37. The Bertz CT molecular complexity index is 955. The lowest BCUT2D eigenvalue weighted by molar-refractivity contribution is -0.697. The highest BCUT2D eigenvalue weighted by atomic mass is 16.7. The molecule has 2 aliphatic rings. The average Bonchev–Trinajstić information content (AvgIpc) is 3.11. The monoisotopic (exact) mass is 653 g/mol. The molecule has 0 saturated carbocycles. The van der Waals surface area contributed by atoms with Gasteiger partial charge in [0, 0.05) is 48.2 Å². The molecule has 2 aromatic rings. The summed E-state index contributed by atoms with van der Waals surface area (Å²) in [7, 11) is 0. The van der Waals surface area contributed by atoms with Crippen molar-refractivity contribution in [1.29, 1.82) is 0 Å². The van der Waals surface area contributed by atoms with Crippen molar-refractivity contribution in [3.8, 4) is 0 Å². The molecule has 0 aromatic carbocycles. The van der Waals surface area contributed by atoms with Gasteiger partial charge in [-0.15, -0.1) is 0 Å². The molecule has 6 nitrogen and oxygen atoms in total. The van der Waals surface area contributed by atoms with E-state index in [1.54, 1.807) is 0 Å². The maximum Gasteiger partial charge on any atom is 0.184 e. The lowest BCUT2D eigenvalue weighted by atomic mass is 9.90. The number of unbranched alkanes of at least 4 members (excludes halogenated alkanes) is 18. The van der Waals surface area contributed by atoms with Crippen molar-refractivity contribution in [3.63, 3.8) is 0 Å². The molecule has 0 atom stereocenters. The van der Waals surface area contributed by atoms with Crippen LogP contribution in [0.15, 0.2) is 49.1 Å². The zero-order chi connectivity index (χ0) is 32.8. The fourth-order valence-corrected chi connectivity index (χ4v) is 6.85. The van der Waals surface area contributed by atoms with Gasteiger partial charge in [-0.1, -0.05) is 117 Å². The van der Waals surface area contributed by atoms with E-state index in [2.05, 4.69) is 72.0 Å². The molecule has 4 rings (SSSR count). The van der Waals surface area contributed by atoms with Crippen molar-refractivity contribution in [2.75, 3.05) is 26.4 Å². The molecule has 264 valence electrons. The van der Waals surface area contributed by atoms with Crippen molar-refractivity contribution >= 4 is 0 Å². The Kier molecular flexibility index (Phi) is 18.3. The van der Waals surface area contributed by atoms with Crippen molar-refractivity contribution in [2.24, 2.45) is 5.41 Å². The van der Waals surface area contributed by atoms with Gasteiger partial charge >= 0.3 is 0 Å². The van der Waals surface area contributed by atoms with Gasteiger partial charge in [0.15, 0.2) is 37.4 Å². The van der Waals surface area contributed by atoms with Crippen LogP contribution in [0.4, 0.5) is 0 Å². The van der Waals surface area contributed by atoms with Crippen molar-refractivity contribution in [3.05, 3.63) is 60.2 Å². The first-order valence-electron chi connectivity index (χ1n) is 19.7. The third-order valence-corrected chi connectivity index (χ3v) is 10.1. The van der Waals surface area contributed by atoms with Crippen LogP contribution in [0.2, 0.25) is 0 Å². The number of aryl methyl sites for hydroxylation is 2. The summed E-state index contributed by atoms with van der Waals surface area (Å²) in [5.74, 6) is 0. The number of aromatic nitrogens is 2. The Morgan fingerprint density at radius 1 is 0.447 bits per heavy atom. The van der Waals surface area contributed by atoms with Gasteiger partial charge < -0.3 is 18.9 Å². The van der Waals surface area contributed by atoms with E-state index < -0.39 is 0 Å². The van der Waals surface area contributed by atoms with Gasteiger partial charge in [-0.2, -0.15) is 0 Å². The molecule has 0 radical (unpaired) electrons. The minimum Gasteiger partial charge on any atom is -0.348 e. The molecule has 6 heteroatoms. The van der Waals surface area contributed by atoms with Gasteiger partial charge in [-0.3, -0.25) is 0 Å². The van der Waals surface area contributed by atoms with E-state index in [0.717, 1.165) is 24.2 Å². The quantitative estimate of drug-likeness (QED) is 0.0837. The predicted octanol–water partition coefficient (Wildman–Crippen LogP) is 9.88. The SMILES string of the molecule is CCCCCCCCCCCC[n+]1ccc(C2OCC3(CO2)COC(c2cc[n+](CCCCCCCCCCCC)cc2)OC3)cc1. The molecular formula is C41H68N2O4+2. The summed E-state index contributed by atoms with van der Waals surface area (Å²) >= 11 is 0. The van der Waals surface area contributed by atoms with Crippen molar-refractivity contribution in [2.45, 2.75) is 168 Å². The Hall–Kier alpha value is -1.86. The van der Waals surface area contributed by atoms with E-state index in [4.69, 9.17) is 18.9 Å². The Labute approximate surface area is 287 Å². The largest absolute Gasteiger partial charge is 0.348 e. The van der Waals surface area contributed by atoms with Gasteiger partial charge in [-0.05, 0) is 12.8 Å². The maximum absolute atomic E-state index is 6.21. The standard InChI is InChI=1S/C41H68N2O4/c1-3-5-7-9-11-13-15-17-19-21-27-42-29-23-37(24-30-42)39-44-33-41(34-45-39)35-46-40(47-36-41)38-25-31-43(32-26-38)28-22-20-18-16-14-12-10-8-6-4-2/h23-26,29-32,39-40H,3-22,27-28,33-36H2,1-2H3/q+2. The zero-order valence-electron chi connectivity index (χ0n) is 30.2. The molecule has 0 amide bonds. The molecule has 2 saturated heterocycles. The summed E-state index contributed by atoms with van der Waals surface area (Å²) in [6, 6.07) is 8.56. The van der Waals surface area contributed by atoms with Crippen LogP contribution in [-0.4, -0.2) is 26.4 Å². The Balaban J connectivity index is 1.05. The van der Waals surface area contributed by atoms with Gasteiger partial charge in [-0.25, -0.2) is 9.13 Å². The summed E-state index contributed by atoms with van der Waals surface area (Å²) < 4.78 is 29.4. The van der Waals surface area contributed by atoms with Crippen LogP contribution < -0.4 is 9.13 Å². The molecular weight excluding hydrogens is 584 g/mol. The van der Waals surface area contributed by atoms with E-state index in [-0.39, 0.29) is 18.0 Å². The number of hydrogen-bond donors (Lipinski definition) is 0. The molecule has 47 heavy (non-hydrogen) atoms. The number of nitrogens with zero attached hydrogens (tertiary/aromatic N) is 2. The molecule has 0 bridgehead atoms. The van der Waals surface area contributed by atoms with Crippen LogP contribution in [0.1, 0.15) is 166 Å². The van der Waals surface area contributed by atoms with E-state index >= 15 is 0 Å². The van der Waals surface area contributed by atoms with Crippen LogP contribution in [0, 0.1) is 5.41 Å². The molecule has 2 aromatic heterocycles. The van der Waals surface area contributed by atoms with Crippen LogP contribution in [0.5, 0.6) is 0 Å². The molecule has 1 spiro atoms. The Morgan fingerprint density at radius 2 is 0.723 bits per heavy atom. The second-order valence-electron chi connectivity index (χ2n) is 14.5. The topological polar surface area (TPSA) is 44.7 Å². The van der Waals surface area contributed by atoms with E-state index in [1.807, 2.05) is 0 Å². The number of pyridine rings is 2. The minimum absolute atomic E-state index is 0.249. The van der Waals surface area contributed by atoms with Crippen molar-refractivity contribution in [1.82, 2.24) is 0 Å². The summed E-state index contributed by atoms with van der Waals surface area (Å²) in [4.78, 5) is 0. The zero-order valence-corrected chi connectivity index (χ0v) is 30.2. The summed E-state index contributed by atoms with van der Waals surface area (Å²) in [5.41, 5.74) is 1.90. The van der Waals surface area contributed by atoms with Gasteiger partial charge in [0.2, 0.25) is 0 Å². The highest BCUT2D eigenvalue weighted by Gasteiger charge is 2.42. The molecule has 0 N–H and O–H groups in total. The highest BCUT2D eigenvalue weighted by molar-refractivity contribution is 5.11. The van der Waals surface area contributed by atoms with Gasteiger partial charge in [0.1, 0.15) is 13.1 Å². The van der Waals surface area contributed by atoms with Crippen LogP contribution in [-0.2, 0) is 32.0 Å². The normalized spacial score (nSPS) is 21.4. The lowest BCUT2D eigenvalue weighted by Gasteiger charge is -2.43. The van der Waals surface area contributed by atoms with Crippen LogP contribution >= 0.6 is 0 Å². The number of rotatable bonds is 24. The third kappa shape index (κ3) is 14.3. The lowest BCUT2D eigenvalue weighted by Crippen LogP contribution is -2.49. The number of hydrogen-bond acceptors (Lipinski definition) is 4. The third-order valence-electron chi connectivity index (χ3n) is 10.1. The van der Waals surface area contributed by atoms with E-state index in [0.29, 0.717) is 26.4 Å². The first-order valence-corrected chi connectivity index (χ1v) is 19.7. The summed E-state index contributed by atoms with van der Waals surface area (Å²) in [6.07, 6.45) is 35.4. The smallest absolute Gasteiger partial charge is 0.184 e. The molecule has 4 heterocycles. The second-order valence-corrected chi connectivity index (χ2v) is 14.5. The van der Waals surface area contributed by atoms with Gasteiger partial charge in [0.25, 0.3) is 0 Å². The predicted molar refractivity (Wildman–Crippen MR) is 189 cm³/mol. The van der Waals surface area contributed by atoms with Gasteiger partial charge in [0.05, 0.1) is 31.8 Å². The van der Waals surface area contributed by atoms with Crippen LogP contribution in [0.3, 0.4) is 0 Å². The fraction of sp³-hybridized carbons (Fsp3) is 0.756. The number of ether oxygens (including phenoxy) is 4. The van der Waals surface area contributed by atoms with Crippen molar-refractivity contribution < 1.29 is 28.1 Å². The molecule has 0 unspecified atom stereocenters. The van der Waals surface area contributed by atoms with E-state index in [9.17, 15) is 0 Å². The Morgan fingerprint density at radius 3 is 1.02 bits per heavy atom. The van der Waals surface area contributed by atoms with E-state index in [1.165, 1.54) is 128 Å². The fourth-order valence-electron chi connectivity index (χ4n) is 6.85. The maximum atomic E-state index is 6.21. The average molecular weight is 653 g/mol.